The quantitative estimate of drug-likeness (QED) is 0.537. The molecule has 1 aromatic carbocycles. The molecule has 1 atom stereocenters. The van der Waals surface area contributed by atoms with Crippen molar-refractivity contribution in [3.8, 4) is 5.75 Å². The number of pyridine rings is 1. The summed E-state index contributed by atoms with van der Waals surface area (Å²) in [5.74, 6) is 1.64. The molecule has 9 nitrogen and oxygen atoms in total. The molecule has 31 heavy (non-hydrogen) atoms. The number of rotatable bonds is 5. The zero-order valence-electron chi connectivity index (χ0n) is 17.6. The molecule has 2 aliphatic heterocycles. The maximum absolute atomic E-state index is 13.2. The lowest BCUT2D eigenvalue weighted by atomic mass is 9.96. The van der Waals surface area contributed by atoms with E-state index in [1.165, 1.54) is 12.3 Å². The Morgan fingerprint density at radius 1 is 1.10 bits per heavy atom. The Balaban J connectivity index is 1.36. The van der Waals surface area contributed by atoms with E-state index in [-0.39, 0.29) is 17.5 Å². The van der Waals surface area contributed by atoms with Gasteiger partial charge in [-0.25, -0.2) is 4.98 Å². The average molecular weight is 425 g/mol. The Morgan fingerprint density at radius 2 is 1.87 bits per heavy atom. The van der Waals surface area contributed by atoms with Crippen molar-refractivity contribution in [2.24, 2.45) is 5.92 Å². The minimum absolute atomic E-state index is 0.0266. The molecular weight excluding hydrogens is 398 g/mol. The molecule has 0 aliphatic carbocycles. The van der Waals surface area contributed by atoms with Crippen LogP contribution in [0.15, 0.2) is 42.6 Å². The van der Waals surface area contributed by atoms with Crippen molar-refractivity contribution in [3.05, 3.63) is 52.7 Å². The summed E-state index contributed by atoms with van der Waals surface area (Å²) in [6.45, 7) is 4.30. The summed E-state index contributed by atoms with van der Waals surface area (Å²) < 4.78 is 5.47. The number of carbonyl (C=O) groups excluding carboxylic acids is 1. The first kappa shape index (κ1) is 20.9. The lowest BCUT2D eigenvalue weighted by Crippen LogP contribution is -2.52. The number of anilines is 2. The minimum Gasteiger partial charge on any atom is -0.495 e. The largest absolute Gasteiger partial charge is 0.495 e. The van der Waals surface area contributed by atoms with E-state index in [0.717, 1.165) is 43.9 Å². The highest BCUT2D eigenvalue weighted by Crippen LogP contribution is 2.29. The van der Waals surface area contributed by atoms with Gasteiger partial charge in [0, 0.05) is 45.3 Å². The third-order valence-electron chi connectivity index (χ3n) is 6.05. The fraction of sp³-hybridized carbons (Fsp3) is 0.455. The number of methoxy groups -OCH3 is 1. The van der Waals surface area contributed by atoms with Crippen molar-refractivity contribution in [2.45, 2.75) is 12.8 Å². The van der Waals surface area contributed by atoms with Crippen molar-refractivity contribution in [1.29, 1.82) is 0 Å². The molecule has 0 saturated carbocycles. The van der Waals surface area contributed by atoms with Crippen molar-refractivity contribution < 1.29 is 14.5 Å². The predicted octanol–water partition coefficient (Wildman–Crippen LogP) is 2.56. The summed E-state index contributed by atoms with van der Waals surface area (Å²) in [7, 11) is 1.67. The molecule has 0 unspecified atom stereocenters. The van der Waals surface area contributed by atoms with Crippen molar-refractivity contribution >= 4 is 23.1 Å². The van der Waals surface area contributed by atoms with E-state index >= 15 is 0 Å². The normalized spacial score (nSPS) is 19.3. The second kappa shape index (κ2) is 9.20. The molecule has 164 valence electrons. The Hall–Kier alpha value is -3.36. The van der Waals surface area contributed by atoms with Crippen LogP contribution in [0.2, 0.25) is 0 Å². The summed E-state index contributed by atoms with van der Waals surface area (Å²) in [6.07, 6.45) is 3.03. The number of para-hydroxylation sites is 2. The second-order valence-corrected chi connectivity index (χ2v) is 7.90. The molecule has 3 heterocycles. The van der Waals surface area contributed by atoms with Gasteiger partial charge in [-0.2, -0.15) is 0 Å². The van der Waals surface area contributed by atoms with Crippen LogP contribution in [0.1, 0.15) is 12.8 Å². The number of benzene rings is 1. The lowest BCUT2D eigenvalue weighted by Gasteiger charge is -2.40. The number of piperidine rings is 1. The SMILES string of the molecule is COc1ccccc1N1CCN(C(=O)[C@H]2CCCN(c3ccc([N+](=O)[O-])cn3)C2)CC1. The van der Waals surface area contributed by atoms with Gasteiger partial charge in [-0.3, -0.25) is 14.9 Å². The van der Waals surface area contributed by atoms with E-state index in [4.69, 9.17) is 4.74 Å². The van der Waals surface area contributed by atoms with Crippen LogP contribution >= 0.6 is 0 Å². The predicted molar refractivity (Wildman–Crippen MR) is 118 cm³/mol. The highest BCUT2D eigenvalue weighted by Gasteiger charge is 2.32. The Morgan fingerprint density at radius 3 is 2.55 bits per heavy atom. The molecular formula is C22H27N5O4. The molecule has 4 rings (SSSR count). The van der Waals surface area contributed by atoms with Crippen LogP contribution in [0, 0.1) is 16.0 Å². The molecule has 0 bridgehead atoms. The van der Waals surface area contributed by atoms with Gasteiger partial charge in [-0.05, 0) is 31.0 Å². The molecule has 2 saturated heterocycles. The summed E-state index contributed by atoms with van der Waals surface area (Å²) in [4.78, 5) is 34.1. The minimum atomic E-state index is -0.454. The molecule has 1 aromatic heterocycles. The van der Waals surface area contributed by atoms with Gasteiger partial charge >= 0.3 is 0 Å². The Labute approximate surface area is 181 Å². The Kier molecular flexibility index (Phi) is 6.20. The van der Waals surface area contributed by atoms with E-state index in [1.807, 2.05) is 29.2 Å². The molecule has 0 radical (unpaired) electrons. The maximum atomic E-state index is 13.2. The van der Waals surface area contributed by atoms with Crippen LogP contribution in [-0.2, 0) is 4.79 Å². The number of nitro groups is 1. The van der Waals surface area contributed by atoms with E-state index in [2.05, 4.69) is 14.8 Å². The molecule has 0 N–H and O–H groups in total. The summed E-state index contributed by atoms with van der Waals surface area (Å²) in [5.41, 5.74) is 1.03. The van der Waals surface area contributed by atoms with Crippen LogP contribution in [0.25, 0.3) is 0 Å². The van der Waals surface area contributed by atoms with Gasteiger partial charge in [0.1, 0.15) is 17.8 Å². The molecule has 1 amide bonds. The van der Waals surface area contributed by atoms with Crippen LogP contribution in [-0.4, -0.2) is 67.1 Å². The maximum Gasteiger partial charge on any atom is 0.287 e. The number of aromatic nitrogens is 1. The fourth-order valence-electron chi connectivity index (χ4n) is 4.38. The topological polar surface area (TPSA) is 92.0 Å². The van der Waals surface area contributed by atoms with E-state index in [0.29, 0.717) is 25.5 Å². The summed E-state index contributed by atoms with van der Waals surface area (Å²) in [6, 6.07) is 11.1. The van der Waals surface area contributed by atoms with Crippen LogP contribution in [0.3, 0.4) is 0 Å². The first-order valence-electron chi connectivity index (χ1n) is 10.6. The van der Waals surface area contributed by atoms with Crippen LogP contribution in [0.5, 0.6) is 5.75 Å². The number of nitrogens with zero attached hydrogens (tertiary/aromatic N) is 5. The van der Waals surface area contributed by atoms with Gasteiger partial charge < -0.3 is 19.4 Å². The van der Waals surface area contributed by atoms with E-state index in [1.54, 1.807) is 13.2 Å². The number of hydrogen-bond acceptors (Lipinski definition) is 7. The molecule has 9 heteroatoms. The standard InChI is InChI=1S/C22H27N5O4/c1-31-20-7-3-2-6-19(20)24-11-13-25(14-12-24)22(28)17-5-4-10-26(16-17)21-9-8-18(15-23-21)27(29)30/h2-3,6-9,15,17H,4-5,10-14,16H2,1H3/t17-/m0/s1. The van der Waals surface area contributed by atoms with Gasteiger partial charge in [0.15, 0.2) is 0 Å². The number of hydrogen-bond donors (Lipinski definition) is 0. The smallest absolute Gasteiger partial charge is 0.287 e. The van der Waals surface area contributed by atoms with Crippen molar-refractivity contribution in [3.63, 3.8) is 0 Å². The third-order valence-corrected chi connectivity index (χ3v) is 6.05. The van der Waals surface area contributed by atoms with Gasteiger partial charge in [0.2, 0.25) is 5.91 Å². The van der Waals surface area contributed by atoms with Crippen LogP contribution < -0.4 is 14.5 Å². The first-order valence-corrected chi connectivity index (χ1v) is 10.6. The highest BCUT2D eigenvalue weighted by molar-refractivity contribution is 5.80. The zero-order chi connectivity index (χ0) is 21.8. The molecule has 2 fully saturated rings. The monoisotopic (exact) mass is 425 g/mol. The number of amides is 1. The van der Waals surface area contributed by atoms with Crippen molar-refractivity contribution in [2.75, 3.05) is 56.2 Å². The average Bonchev–Trinajstić information content (AvgIpc) is 2.84. The highest BCUT2D eigenvalue weighted by atomic mass is 16.6. The second-order valence-electron chi connectivity index (χ2n) is 7.90. The zero-order valence-corrected chi connectivity index (χ0v) is 17.6. The van der Waals surface area contributed by atoms with Crippen LogP contribution in [0.4, 0.5) is 17.2 Å². The summed E-state index contributed by atoms with van der Waals surface area (Å²) in [5, 5.41) is 10.8. The third kappa shape index (κ3) is 4.55. The van der Waals surface area contributed by atoms with Gasteiger partial charge in [-0.1, -0.05) is 12.1 Å². The van der Waals surface area contributed by atoms with Crippen molar-refractivity contribution in [1.82, 2.24) is 9.88 Å². The fourth-order valence-corrected chi connectivity index (χ4v) is 4.38. The first-order chi connectivity index (χ1) is 15.1. The van der Waals surface area contributed by atoms with Gasteiger partial charge in [0.05, 0.1) is 23.6 Å². The number of piperazine rings is 1. The molecule has 0 spiro atoms. The Bertz CT molecular complexity index is 928. The number of carbonyl (C=O) groups is 1. The van der Waals surface area contributed by atoms with E-state index in [9.17, 15) is 14.9 Å². The number of ether oxygens (including phenoxy) is 1. The lowest BCUT2D eigenvalue weighted by molar-refractivity contribution is -0.385. The summed E-state index contributed by atoms with van der Waals surface area (Å²) >= 11 is 0. The molecule has 2 aliphatic rings. The van der Waals surface area contributed by atoms with Gasteiger partial charge in [0.25, 0.3) is 5.69 Å². The van der Waals surface area contributed by atoms with E-state index < -0.39 is 4.92 Å². The molecule has 2 aromatic rings. The van der Waals surface area contributed by atoms with Gasteiger partial charge in [-0.15, -0.1) is 0 Å².